The van der Waals surface area contributed by atoms with Crippen LogP contribution in [0.2, 0.25) is 5.02 Å². The highest BCUT2D eigenvalue weighted by Gasteiger charge is 2.16. The van der Waals surface area contributed by atoms with Crippen LogP contribution in [0.1, 0.15) is 40.8 Å². The number of benzene rings is 5. The van der Waals surface area contributed by atoms with Gasteiger partial charge in [-0.15, -0.1) is 0 Å². The van der Waals surface area contributed by atoms with Gasteiger partial charge in [0.1, 0.15) is 0 Å². The Labute approximate surface area is 243 Å². The number of hydrogen-bond acceptors (Lipinski definition) is 1. The first-order valence-corrected chi connectivity index (χ1v) is 14.2. The summed E-state index contributed by atoms with van der Waals surface area (Å²) in [6, 6.07) is 51.0. The first-order chi connectivity index (χ1) is 19.7. The summed E-state index contributed by atoms with van der Waals surface area (Å²) < 4.78 is 0. The minimum absolute atomic E-state index is 0.159. The van der Waals surface area contributed by atoms with Crippen molar-refractivity contribution in [3.63, 3.8) is 0 Å². The summed E-state index contributed by atoms with van der Waals surface area (Å²) in [5.74, 6) is 0. The fourth-order valence-electron chi connectivity index (χ4n) is 5.06. The minimum atomic E-state index is 0.159. The Kier molecular flexibility index (Phi) is 9.42. The number of halogens is 1. The van der Waals surface area contributed by atoms with Gasteiger partial charge in [-0.1, -0.05) is 157 Å². The lowest BCUT2D eigenvalue weighted by Gasteiger charge is -2.28. The van der Waals surface area contributed by atoms with Crippen LogP contribution in [0, 0.1) is 0 Å². The average molecular weight is 540 g/mol. The Morgan fingerprint density at radius 3 is 1.27 bits per heavy atom. The van der Waals surface area contributed by atoms with Crippen LogP contribution >= 0.6 is 11.6 Å². The lowest BCUT2D eigenvalue weighted by molar-refractivity contribution is 0.260. The van der Waals surface area contributed by atoms with Crippen LogP contribution in [0.15, 0.2) is 158 Å². The molecule has 1 atom stereocenters. The van der Waals surface area contributed by atoms with Crippen molar-refractivity contribution in [2.75, 3.05) is 13.1 Å². The molecule has 0 unspecified atom stereocenters. The van der Waals surface area contributed by atoms with E-state index >= 15 is 0 Å². The average Bonchev–Trinajstić information content (AvgIpc) is 3.02. The van der Waals surface area contributed by atoms with Crippen molar-refractivity contribution in [3.05, 3.63) is 191 Å². The van der Waals surface area contributed by atoms with Gasteiger partial charge in [0, 0.05) is 24.2 Å². The molecule has 0 fully saturated rings. The maximum absolute atomic E-state index is 6.43. The van der Waals surface area contributed by atoms with E-state index in [2.05, 4.69) is 157 Å². The molecule has 0 aliphatic heterocycles. The second-order valence-electron chi connectivity index (χ2n) is 9.88. The van der Waals surface area contributed by atoms with Gasteiger partial charge in [0.15, 0.2) is 0 Å². The first kappa shape index (κ1) is 27.4. The second kappa shape index (κ2) is 13.8. The molecule has 0 spiro atoms. The van der Waals surface area contributed by atoms with Crippen molar-refractivity contribution in [1.29, 1.82) is 0 Å². The van der Waals surface area contributed by atoms with E-state index in [1.807, 2.05) is 12.1 Å². The largest absolute Gasteiger partial charge is 0.289 e. The molecule has 2 heteroatoms. The Morgan fingerprint density at radius 2 is 0.925 bits per heavy atom. The van der Waals surface area contributed by atoms with E-state index in [4.69, 9.17) is 11.6 Å². The highest BCUT2D eigenvalue weighted by Crippen LogP contribution is 2.28. The molecule has 0 amide bonds. The molecule has 5 rings (SSSR count). The van der Waals surface area contributed by atoms with E-state index in [0.717, 1.165) is 18.1 Å². The fourth-order valence-corrected chi connectivity index (χ4v) is 5.26. The molecule has 40 heavy (non-hydrogen) atoms. The normalized spacial score (nSPS) is 11.6. The van der Waals surface area contributed by atoms with Crippen LogP contribution < -0.4 is 0 Å². The van der Waals surface area contributed by atoms with Crippen molar-refractivity contribution in [3.8, 4) is 0 Å². The zero-order chi connectivity index (χ0) is 27.6. The number of nitrogens with zero attached hydrogens (tertiary/aromatic N) is 1. The molecule has 1 nitrogen and oxygen atoms in total. The van der Waals surface area contributed by atoms with Gasteiger partial charge in [-0.05, 0) is 58.0 Å². The van der Waals surface area contributed by atoms with E-state index in [-0.39, 0.29) is 6.04 Å². The molecule has 198 valence electrons. The van der Waals surface area contributed by atoms with Crippen LogP contribution in [-0.2, 0) is 0 Å². The summed E-state index contributed by atoms with van der Waals surface area (Å²) in [6.07, 6.45) is 4.73. The summed E-state index contributed by atoms with van der Waals surface area (Å²) in [6.45, 7) is 3.82. The second-order valence-corrected chi connectivity index (χ2v) is 10.3. The lowest BCUT2D eigenvalue weighted by Crippen LogP contribution is -2.28. The van der Waals surface area contributed by atoms with Gasteiger partial charge in [-0.25, -0.2) is 0 Å². The van der Waals surface area contributed by atoms with Crippen molar-refractivity contribution >= 4 is 22.7 Å². The Hall–Kier alpha value is -4.17. The molecule has 5 aromatic rings. The van der Waals surface area contributed by atoms with E-state index < -0.39 is 0 Å². The lowest BCUT2D eigenvalue weighted by atomic mass is 9.96. The van der Waals surface area contributed by atoms with Gasteiger partial charge in [0.25, 0.3) is 0 Å². The molecule has 0 saturated heterocycles. The monoisotopic (exact) mass is 539 g/mol. The molecule has 0 aliphatic carbocycles. The molecule has 0 bridgehead atoms. The van der Waals surface area contributed by atoms with Crippen LogP contribution in [0.3, 0.4) is 0 Å². The van der Waals surface area contributed by atoms with E-state index in [0.29, 0.717) is 0 Å². The Bertz CT molecular complexity index is 1360. The highest BCUT2D eigenvalue weighted by molar-refractivity contribution is 6.30. The molecule has 0 aliphatic rings. The van der Waals surface area contributed by atoms with Crippen LogP contribution in [0.4, 0.5) is 0 Å². The van der Waals surface area contributed by atoms with Gasteiger partial charge >= 0.3 is 0 Å². The maximum atomic E-state index is 6.43. The number of rotatable bonds is 10. The Morgan fingerprint density at radius 1 is 0.550 bits per heavy atom. The van der Waals surface area contributed by atoms with E-state index in [1.54, 1.807) is 0 Å². The molecule has 0 saturated carbocycles. The third-order valence-electron chi connectivity index (χ3n) is 7.28. The van der Waals surface area contributed by atoms with Gasteiger partial charge in [0.2, 0.25) is 0 Å². The summed E-state index contributed by atoms with van der Waals surface area (Å²) >= 11 is 6.43. The van der Waals surface area contributed by atoms with Gasteiger partial charge in [0.05, 0.1) is 0 Å². The Balaban J connectivity index is 1.54. The minimum Gasteiger partial charge on any atom is -0.289 e. The quantitative estimate of drug-likeness (QED) is 0.171. The van der Waals surface area contributed by atoms with Gasteiger partial charge in [-0.2, -0.15) is 0 Å². The topological polar surface area (TPSA) is 3.24 Å². The standard InChI is InChI=1S/C38H34ClN/c1-30(35-23-14-24-36(39)29-35)40(27-25-37(31-15-6-2-7-16-31)32-17-8-3-9-18-32)28-26-38(33-19-10-4-11-20-33)34-21-12-5-13-22-34/h2-26,29-30H,27-28H2,1H3/t30-/m1/s1. The molecule has 0 N–H and O–H groups in total. The molecule has 0 radical (unpaired) electrons. The SMILES string of the molecule is C[C@H](c1cccc(Cl)c1)N(CC=C(c1ccccc1)c1ccccc1)CC=C(c1ccccc1)c1ccccc1. The molecular weight excluding hydrogens is 506 g/mol. The molecular formula is C38H34ClN. The molecule has 5 aromatic carbocycles. The third-order valence-corrected chi connectivity index (χ3v) is 7.51. The van der Waals surface area contributed by atoms with Crippen LogP contribution in [-0.4, -0.2) is 18.0 Å². The number of hydrogen-bond donors (Lipinski definition) is 0. The summed E-state index contributed by atoms with van der Waals surface area (Å²) in [4.78, 5) is 2.50. The van der Waals surface area contributed by atoms with Gasteiger partial charge in [-0.3, -0.25) is 4.90 Å². The summed E-state index contributed by atoms with van der Waals surface area (Å²) in [5.41, 5.74) is 8.54. The smallest absolute Gasteiger partial charge is 0.0409 e. The van der Waals surface area contributed by atoms with Crippen LogP contribution in [0.5, 0.6) is 0 Å². The van der Waals surface area contributed by atoms with E-state index in [1.165, 1.54) is 39.0 Å². The zero-order valence-electron chi connectivity index (χ0n) is 22.8. The predicted octanol–water partition coefficient (Wildman–Crippen LogP) is 9.97. The van der Waals surface area contributed by atoms with Crippen molar-refractivity contribution < 1.29 is 0 Å². The summed E-state index contributed by atoms with van der Waals surface area (Å²) in [5, 5.41) is 0.763. The fraction of sp³-hybridized carbons (Fsp3) is 0.105. The highest BCUT2D eigenvalue weighted by atomic mass is 35.5. The maximum Gasteiger partial charge on any atom is 0.0409 e. The zero-order valence-corrected chi connectivity index (χ0v) is 23.6. The predicted molar refractivity (Wildman–Crippen MR) is 171 cm³/mol. The molecule has 0 heterocycles. The summed E-state index contributed by atoms with van der Waals surface area (Å²) in [7, 11) is 0. The molecule has 0 aromatic heterocycles. The van der Waals surface area contributed by atoms with Crippen LogP contribution in [0.25, 0.3) is 11.1 Å². The van der Waals surface area contributed by atoms with Crippen molar-refractivity contribution in [2.24, 2.45) is 0 Å². The van der Waals surface area contributed by atoms with E-state index in [9.17, 15) is 0 Å². The van der Waals surface area contributed by atoms with Crippen molar-refractivity contribution in [1.82, 2.24) is 4.90 Å². The first-order valence-electron chi connectivity index (χ1n) is 13.8. The van der Waals surface area contributed by atoms with Crippen molar-refractivity contribution in [2.45, 2.75) is 13.0 Å². The van der Waals surface area contributed by atoms with Gasteiger partial charge < -0.3 is 0 Å². The third kappa shape index (κ3) is 7.07.